The Hall–Kier alpha value is -0.340. The van der Waals surface area contributed by atoms with Crippen molar-refractivity contribution >= 4 is 11.3 Å². The van der Waals surface area contributed by atoms with Crippen molar-refractivity contribution in [1.82, 2.24) is 5.32 Å². The molecule has 0 radical (unpaired) electrons. The lowest BCUT2D eigenvalue weighted by atomic mass is 9.78. The Bertz CT molecular complexity index is 273. The van der Waals surface area contributed by atoms with E-state index in [0.717, 1.165) is 0 Å². The summed E-state index contributed by atoms with van der Waals surface area (Å²) in [6.45, 7) is 2.43. The fraction of sp³-hybridized carbons (Fsp3) is 0.667. The summed E-state index contributed by atoms with van der Waals surface area (Å²) in [5.41, 5.74) is 1.96. The molecule has 14 heavy (non-hydrogen) atoms. The van der Waals surface area contributed by atoms with E-state index >= 15 is 0 Å². The molecule has 0 amide bonds. The first-order valence-corrected chi connectivity index (χ1v) is 6.40. The SMILES string of the molecule is CNC(c1ccsc1)C1(C)CCCC1. The predicted molar refractivity (Wildman–Crippen MR) is 62.7 cm³/mol. The van der Waals surface area contributed by atoms with Gasteiger partial charge in [-0.25, -0.2) is 0 Å². The molecule has 1 aromatic heterocycles. The normalized spacial score (nSPS) is 22.4. The minimum atomic E-state index is 0.482. The van der Waals surface area contributed by atoms with Crippen LogP contribution in [0.3, 0.4) is 0 Å². The van der Waals surface area contributed by atoms with Gasteiger partial charge in [0.05, 0.1) is 0 Å². The summed E-state index contributed by atoms with van der Waals surface area (Å²) in [4.78, 5) is 0. The average molecular weight is 209 g/mol. The molecule has 1 heterocycles. The van der Waals surface area contributed by atoms with Gasteiger partial charge in [-0.1, -0.05) is 19.8 Å². The van der Waals surface area contributed by atoms with E-state index in [0.29, 0.717) is 11.5 Å². The Kier molecular flexibility index (Phi) is 2.93. The zero-order valence-corrected chi connectivity index (χ0v) is 9.86. The summed E-state index contributed by atoms with van der Waals surface area (Å²) in [7, 11) is 2.09. The first-order chi connectivity index (χ1) is 6.76. The molecule has 1 aromatic rings. The van der Waals surface area contributed by atoms with Crippen LogP contribution in [0.5, 0.6) is 0 Å². The fourth-order valence-corrected chi connectivity index (χ4v) is 3.51. The molecule has 0 aromatic carbocycles. The minimum Gasteiger partial charge on any atom is -0.313 e. The number of hydrogen-bond acceptors (Lipinski definition) is 2. The Morgan fingerprint density at radius 1 is 1.43 bits per heavy atom. The standard InChI is InChI=1S/C12H19NS/c1-12(6-3-4-7-12)11(13-2)10-5-8-14-9-10/h5,8-9,11,13H,3-4,6-7H2,1-2H3. The third-order valence-electron chi connectivity index (χ3n) is 3.61. The van der Waals surface area contributed by atoms with Gasteiger partial charge in [0.1, 0.15) is 0 Å². The molecular weight excluding hydrogens is 190 g/mol. The maximum absolute atomic E-state index is 3.49. The molecule has 1 unspecified atom stereocenters. The maximum atomic E-state index is 3.49. The lowest BCUT2D eigenvalue weighted by Crippen LogP contribution is -2.31. The van der Waals surface area contributed by atoms with Crippen LogP contribution in [0.2, 0.25) is 0 Å². The lowest BCUT2D eigenvalue weighted by Gasteiger charge is -2.33. The second-order valence-corrected chi connectivity index (χ2v) is 5.42. The number of rotatable bonds is 3. The van der Waals surface area contributed by atoms with Crippen LogP contribution >= 0.6 is 11.3 Å². The van der Waals surface area contributed by atoms with Gasteiger partial charge >= 0.3 is 0 Å². The van der Waals surface area contributed by atoms with E-state index in [1.807, 2.05) is 0 Å². The zero-order chi connectivity index (χ0) is 10.0. The van der Waals surface area contributed by atoms with Crippen LogP contribution < -0.4 is 5.32 Å². The quantitative estimate of drug-likeness (QED) is 0.802. The van der Waals surface area contributed by atoms with Crippen molar-refractivity contribution in [3.8, 4) is 0 Å². The first-order valence-electron chi connectivity index (χ1n) is 5.46. The number of thiophene rings is 1. The van der Waals surface area contributed by atoms with Crippen LogP contribution in [0, 0.1) is 5.41 Å². The second-order valence-electron chi connectivity index (χ2n) is 4.64. The summed E-state index contributed by atoms with van der Waals surface area (Å²) in [5, 5.41) is 7.95. The van der Waals surface area contributed by atoms with Crippen molar-refractivity contribution in [3.63, 3.8) is 0 Å². The Labute approximate surface area is 90.5 Å². The van der Waals surface area contributed by atoms with Crippen molar-refractivity contribution < 1.29 is 0 Å². The van der Waals surface area contributed by atoms with Crippen LogP contribution in [0.1, 0.15) is 44.2 Å². The van der Waals surface area contributed by atoms with E-state index in [1.165, 1.54) is 31.2 Å². The Balaban J connectivity index is 2.20. The highest BCUT2D eigenvalue weighted by Crippen LogP contribution is 2.47. The van der Waals surface area contributed by atoms with E-state index < -0.39 is 0 Å². The van der Waals surface area contributed by atoms with E-state index in [9.17, 15) is 0 Å². The summed E-state index contributed by atoms with van der Waals surface area (Å²) in [6, 6.07) is 2.81. The largest absolute Gasteiger partial charge is 0.313 e. The van der Waals surface area contributed by atoms with Crippen LogP contribution in [-0.2, 0) is 0 Å². The van der Waals surface area contributed by atoms with Gasteiger partial charge in [-0.15, -0.1) is 0 Å². The molecule has 0 aliphatic heterocycles. The van der Waals surface area contributed by atoms with Gasteiger partial charge in [-0.2, -0.15) is 11.3 Å². The molecule has 1 N–H and O–H groups in total. The van der Waals surface area contributed by atoms with E-state index in [4.69, 9.17) is 0 Å². The highest BCUT2D eigenvalue weighted by atomic mass is 32.1. The van der Waals surface area contributed by atoms with Crippen molar-refractivity contribution in [2.75, 3.05) is 7.05 Å². The number of nitrogens with one attached hydrogen (secondary N) is 1. The van der Waals surface area contributed by atoms with Gasteiger partial charge in [0, 0.05) is 6.04 Å². The molecular formula is C12H19NS. The topological polar surface area (TPSA) is 12.0 Å². The van der Waals surface area contributed by atoms with Crippen molar-refractivity contribution in [3.05, 3.63) is 22.4 Å². The molecule has 1 aliphatic carbocycles. The van der Waals surface area contributed by atoms with E-state index in [1.54, 1.807) is 11.3 Å². The molecule has 2 heteroatoms. The van der Waals surface area contributed by atoms with Crippen molar-refractivity contribution in [2.24, 2.45) is 5.41 Å². The lowest BCUT2D eigenvalue weighted by molar-refractivity contribution is 0.234. The highest BCUT2D eigenvalue weighted by Gasteiger charge is 2.36. The summed E-state index contributed by atoms with van der Waals surface area (Å²) in [5.74, 6) is 0. The molecule has 78 valence electrons. The van der Waals surface area contributed by atoms with Crippen LogP contribution in [0.4, 0.5) is 0 Å². The molecule has 1 atom stereocenters. The maximum Gasteiger partial charge on any atom is 0.0380 e. The average Bonchev–Trinajstić information content (AvgIpc) is 2.78. The second kappa shape index (κ2) is 4.03. The Morgan fingerprint density at radius 3 is 2.64 bits per heavy atom. The van der Waals surface area contributed by atoms with E-state index in [2.05, 4.69) is 36.1 Å². The zero-order valence-electron chi connectivity index (χ0n) is 9.05. The molecule has 1 fully saturated rings. The predicted octanol–water partition coefficient (Wildman–Crippen LogP) is 3.59. The summed E-state index contributed by atoms with van der Waals surface area (Å²) >= 11 is 1.80. The van der Waals surface area contributed by atoms with Gasteiger partial charge in [0.25, 0.3) is 0 Å². The van der Waals surface area contributed by atoms with Crippen LogP contribution in [-0.4, -0.2) is 7.05 Å². The summed E-state index contributed by atoms with van der Waals surface area (Å²) in [6.07, 6.45) is 5.54. The van der Waals surface area contributed by atoms with Crippen LogP contribution in [0.25, 0.3) is 0 Å². The fourth-order valence-electron chi connectivity index (χ4n) is 2.83. The summed E-state index contributed by atoms with van der Waals surface area (Å²) < 4.78 is 0. The van der Waals surface area contributed by atoms with Gasteiger partial charge in [0.15, 0.2) is 0 Å². The van der Waals surface area contributed by atoms with Crippen molar-refractivity contribution in [1.29, 1.82) is 0 Å². The highest BCUT2D eigenvalue weighted by molar-refractivity contribution is 7.07. The van der Waals surface area contributed by atoms with Gasteiger partial charge < -0.3 is 5.32 Å². The third kappa shape index (κ3) is 1.73. The minimum absolute atomic E-state index is 0.482. The first kappa shape index (κ1) is 10.2. The molecule has 2 rings (SSSR count). The molecule has 0 spiro atoms. The molecule has 0 bridgehead atoms. The molecule has 1 saturated carbocycles. The molecule has 0 saturated heterocycles. The number of hydrogen-bond donors (Lipinski definition) is 1. The van der Waals surface area contributed by atoms with Crippen LogP contribution in [0.15, 0.2) is 16.8 Å². The van der Waals surface area contributed by atoms with Gasteiger partial charge in [-0.05, 0) is 47.7 Å². The van der Waals surface area contributed by atoms with Crippen molar-refractivity contribution in [2.45, 2.75) is 38.6 Å². The Morgan fingerprint density at radius 2 is 2.14 bits per heavy atom. The molecule has 1 aliphatic rings. The monoisotopic (exact) mass is 209 g/mol. The van der Waals surface area contributed by atoms with Gasteiger partial charge in [-0.3, -0.25) is 0 Å². The smallest absolute Gasteiger partial charge is 0.0380 e. The third-order valence-corrected chi connectivity index (χ3v) is 4.31. The van der Waals surface area contributed by atoms with E-state index in [-0.39, 0.29) is 0 Å². The van der Waals surface area contributed by atoms with Gasteiger partial charge in [0.2, 0.25) is 0 Å². The molecule has 1 nitrogen and oxygen atoms in total.